The summed E-state index contributed by atoms with van der Waals surface area (Å²) in [6, 6.07) is 9.12. The van der Waals surface area contributed by atoms with E-state index in [-0.39, 0.29) is 29.9 Å². The molecule has 0 aromatic heterocycles. The van der Waals surface area contributed by atoms with Crippen LogP contribution in [-0.4, -0.2) is 47.3 Å². The molecular formula is C22H23N5O6. The zero-order chi connectivity index (χ0) is 23.4. The first-order chi connectivity index (χ1) is 15.9. The van der Waals surface area contributed by atoms with Crippen molar-refractivity contribution >= 4 is 35.1 Å². The summed E-state index contributed by atoms with van der Waals surface area (Å²) < 4.78 is 10.5. The fourth-order valence-electron chi connectivity index (χ4n) is 3.73. The molecule has 0 bridgehead atoms. The summed E-state index contributed by atoms with van der Waals surface area (Å²) in [5.74, 6) is 0.334. The summed E-state index contributed by atoms with van der Waals surface area (Å²) in [6.07, 6.45) is 3.72. The molecule has 2 heterocycles. The van der Waals surface area contributed by atoms with Gasteiger partial charge in [0.2, 0.25) is 18.6 Å². The Morgan fingerprint density at radius 2 is 1.79 bits per heavy atom. The van der Waals surface area contributed by atoms with Crippen LogP contribution in [0.4, 0.5) is 17.1 Å². The predicted molar refractivity (Wildman–Crippen MR) is 121 cm³/mol. The molecule has 11 nitrogen and oxygen atoms in total. The van der Waals surface area contributed by atoms with E-state index in [0.717, 1.165) is 12.8 Å². The Hall–Kier alpha value is -4.15. The summed E-state index contributed by atoms with van der Waals surface area (Å²) in [4.78, 5) is 35.1. The average molecular weight is 453 g/mol. The van der Waals surface area contributed by atoms with Crippen molar-refractivity contribution in [1.29, 1.82) is 0 Å². The molecule has 0 aliphatic carbocycles. The number of benzene rings is 2. The van der Waals surface area contributed by atoms with Crippen molar-refractivity contribution in [3.63, 3.8) is 0 Å². The number of fused-ring (bicyclic) bond motifs is 1. The maximum absolute atomic E-state index is 12.9. The molecule has 2 aromatic carbocycles. The van der Waals surface area contributed by atoms with Gasteiger partial charge in [-0.1, -0.05) is 0 Å². The van der Waals surface area contributed by atoms with E-state index in [0.29, 0.717) is 35.8 Å². The van der Waals surface area contributed by atoms with Gasteiger partial charge in [0.1, 0.15) is 6.04 Å². The number of hydrogen-bond donors (Lipinski definition) is 2. The van der Waals surface area contributed by atoms with E-state index < -0.39 is 11.0 Å². The van der Waals surface area contributed by atoms with Crippen LogP contribution in [-0.2, 0) is 9.59 Å². The minimum absolute atomic E-state index is 0.00719. The molecule has 2 N–H and O–H groups in total. The monoisotopic (exact) mass is 453 g/mol. The number of hydrazone groups is 1. The predicted octanol–water partition coefficient (Wildman–Crippen LogP) is 3.11. The van der Waals surface area contributed by atoms with Crippen LogP contribution < -0.4 is 20.1 Å². The van der Waals surface area contributed by atoms with Gasteiger partial charge in [-0.15, -0.1) is 0 Å². The summed E-state index contributed by atoms with van der Waals surface area (Å²) in [5, 5.41) is 23.1. The van der Waals surface area contributed by atoms with Gasteiger partial charge in [-0.2, -0.15) is 5.10 Å². The number of ether oxygens (including phenoxy) is 2. The summed E-state index contributed by atoms with van der Waals surface area (Å²) in [6.45, 7) is 1.98. The van der Waals surface area contributed by atoms with Gasteiger partial charge in [-0.25, -0.2) is 0 Å². The molecule has 1 atom stereocenters. The lowest BCUT2D eigenvalue weighted by atomic mass is 10.0. The Kier molecular flexibility index (Phi) is 6.38. The maximum Gasteiger partial charge on any atom is 0.282 e. The molecule has 0 saturated carbocycles. The van der Waals surface area contributed by atoms with Crippen molar-refractivity contribution in [2.75, 3.05) is 24.0 Å². The summed E-state index contributed by atoms with van der Waals surface area (Å²) in [7, 11) is 0. The Labute approximate surface area is 189 Å². The number of nitro groups is 1. The van der Waals surface area contributed by atoms with Crippen LogP contribution >= 0.6 is 0 Å². The Balaban J connectivity index is 1.48. The van der Waals surface area contributed by atoms with Gasteiger partial charge in [-0.05, 0) is 49.6 Å². The van der Waals surface area contributed by atoms with Gasteiger partial charge < -0.3 is 20.1 Å². The zero-order valence-electron chi connectivity index (χ0n) is 17.9. The first kappa shape index (κ1) is 22.1. The van der Waals surface area contributed by atoms with E-state index >= 15 is 0 Å². The number of rotatable bonds is 6. The second-order valence-electron chi connectivity index (χ2n) is 7.69. The molecule has 11 heteroatoms. The van der Waals surface area contributed by atoms with E-state index in [1.165, 1.54) is 25.3 Å². The number of carbonyl (C=O) groups is 2. The van der Waals surface area contributed by atoms with Crippen molar-refractivity contribution in [1.82, 2.24) is 5.01 Å². The number of nitro benzene ring substituents is 1. The van der Waals surface area contributed by atoms with E-state index in [9.17, 15) is 19.7 Å². The molecule has 2 aliphatic heterocycles. The number of anilines is 2. The van der Waals surface area contributed by atoms with E-state index in [1.807, 2.05) is 0 Å². The standard InChI is InChI=1S/C22H23N5O6/c1-14(28)24-16-5-7-17(8-6-16)25-22(29)18-4-2-3-9-26(18)23-12-15-10-20-21(33-13-32-20)11-19(15)27(30)31/h5-8,10-12,18H,2-4,9,13H2,1H3,(H,24,28)(H,25,29)/b23-12+. The number of hydrogen-bond acceptors (Lipinski definition) is 8. The lowest BCUT2D eigenvalue weighted by molar-refractivity contribution is -0.385. The highest BCUT2D eigenvalue weighted by Gasteiger charge is 2.28. The van der Waals surface area contributed by atoms with Gasteiger partial charge in [0.25, 0.3) is 5.69 Å². The third-order valence-corrected chi connectivity index (χ3v) is 5.31. The topological polar surface area (TPSA) is 135 Å². The van der Waals surface area contributed by atoms with Crippen molar-refractivity contribution in [2.45, 2.75) is 32.2 Å². The molecule has 4 rings (SSSR count). The van der Waals surface area contributed by atoms with Crippen molar-refractivity contribution in [3.8, 4) is 11.5 Å². The number of piperidine rings is 1. The highest BCUT2D eigenvalue weighted by atomic mass is 16.7. The minimum Gasteiger partial charge on any atom is -0.454 e. The zero-order valence-corrected chi connectivity index (χ0v) is 17.9. The van der Waals surface area contributed by atoms with E-state index in [4.69, 9.17) is 9.47 Å². The molecule has 2 amide bonds. The maximum atomic E-state index is 12.9. The summed E-state index contributed by atoms with van der Waals surface area (Å²) >= 11 is 0. The number of carbonyl (C=O) groups excluding carboxylic acids is 2. The van der Waals surface area contributed by atoms with Crippen LogP contribution in [0, 0.1) is 10.1 Å². The molecule has 1 unspecified atom stereocenters. The lowest BCUT2D eigenvalue weighted by Crippen LogP contribution is -2.44. The Morgan fingerprint density at radius 1 is 1.12 bits per heavy atom. The quantitative estimate of drug-likeness (QED) is 0.390. The van der Waals surface area contributed by atoms with Gasteiger partial charge in [0, 0.05) is 24.8 Å². The molecule has 0 radical (unpaired) electrons. The second kappa shape index (κ2) is 9.55. The van der Waals surface area contributed by atoms with Crippen molar-refractivity contribution < 1.29 is 24.0 Å². The minimum atomic E-state index is -0.516. The Bertz CT molecular complexity index is 1100. The Morgan fingerprint density at radius 3 is 2.45 bits per heavy atom. The molecule has 33 heavy (non-hydrogen) atoms. The first-order valence-electron chi connectivity index (χ1n) is 10.5. The van der Waals surface area contributed by atoms with Crippen molar-refractivity contribution in [3.05, 3.63) is 52.1 Å². The average Bonchev–Trinajstić information content (AvgIpc) is 3.25. The third-order valence-electron chi connectivity index (χ3n) is 5.31. The number of amides is 2. The molecule has 0 spiro atoms. The fourth-order valence-corrected chi connectivity index (χ4v) is 3.73. The molecule has 2 aliphatic rings. The van der Waals surface area contributed by atoms with Gasteiger partial charge >= 0.3 is 0 Å². The molecule has 2 aromatic rings. The molecular weight excluding hydrogens is 430 g/mol. The van der Waals surface area contributed by atoms with Crippen LogP contribution in [0.2, 0.25) is 0 Å². The van der Waals surface area contributed by atoms with Gasteiger partial charge in [0.15, 0.2) is 11.5 Å². The van der Waals surface area contributed by atoms with Crippen LogP contribution in [0.15, 0.2) is 41.5 Å². The molecule has 1 fully saturated rings. The van der Waals surface area contributed by atoms with E-state index in [2.05, 4.69) is 15.7 Å². The second-order valence-corrected chi connectivity index (χ2v) is 7.69. The van der Waals surface area contributed by atoms with E-state index in [1.54, 1.807) is 29.3 Å². The molecule has 1 saturated heterocycles. The normalized spacial score (nSPS) is 17.1. The van der Waals surface area contributed by atoms with Gasteiger partial charge in [-0.3, -0.25) is 24.7 Å². The van der Waals surface area contributed by atoms with Crippen LogP contribution in [0.25, 0.3) is 0 Å². The smallest absolute Gasteiger partial charge is 0.282 e. The molecule has 172 valence electrons. The summed E-state index contributed by atoms with van der Waals surface area (Å²) in [5.41, 5.74) is 1.34. The van der Waals surface area contributed by atoms with Gasteiger partial charge in [0.05, 0.1) is 22.8 Å². The SMILES string of the molecule is CC(=O)Nc1ccc(NC(=O)C2CCCCN2/N=C/c2cc3c(cc2[N+](=O)[O-])OCO3)cc1. The highest BCUT2D eigenvalue weighted by molar-refractivity contribution is 5.95. The van der Waals surface area contributed by atoms with Crippen LogP contribution in [0.5, 0.6) is 11.5 Å². The van der Waals surface area contributed by atoms with Crippen molar-refractivity contribution in [2.24, 2.45) is 5.10 Å². The lowest BCUT2D eigenvalue weighted by Gasteiger charge is -2.32. The van der Waals surface area contributed by atoms with Crippen LogP contribution in [0.3, 0.4) is 0 Å². The number of nitrogens with zero attached hydrogens (tertiary/aromatic N) is 3. The van der Waals surface area contributed by atoms with Crippen LogP contribution in [0.1, 0.15) is 31.7 Å². The third kappa shape index (κ3) is 5.20. The number of nitrogens with one attached hydrogen (secondary N) is 2. The first-order valence-corrected chi connectivity index (χ1v) is 10.5. The largest absolute Gasteiger partial charge is 0.454 e. The highest BCUT2D eigenvalue weighted by Crippen LogP contribution is 2.37. The fraction of sp³-hybridized carbons (Fsp3) is 0.318.